The van der Waals surface area contributed by atoms with Gasteiger partial charge in [-0.1, -0.05) is 0 Å². The lowest BCUT2D eigenvalue weighted by molar-refractivity contribution is -0.139. The summed E-state index contributed by atoms with van der Waals surface area (Å²) < 4.78 is 0.844. The van der Waals surface area contributed by atoms with Crippen LogP contribution in [0.3, 0.4) is 0 Å². The summed E-state index contributed by atoms with van der Waals surface area (Å²) in [7, 11) is 0. The first-order valence-corrected chi connectivity index (χ1v) is 6.65. The van der Waals surface area contributed by atoms with E-state index in [0.717, 1.165) is 16.4 Å². The molecule has 1 aromatic carbocycles. The van der Waals surface area contributed by atoms with Crippen LogP contribution < -0.4 is 11.1 Å². The molecular formula is C12H13IN2O3. The molecule has 1 unspecified atom stereocenters. The summed E-state index contributed by atoms with van der Waals surface area (Å²) in [5.41, 5.74) is 6.54. The third-order valence-electron chi connectivity index (χ3n) is 2.83. The van der Waals surface area contributed by atoms with Gasteiger partial charge in [-0.05, 0) is 59.5 Å². The van der Waals surface area contributed by atoms with Gasteiger partial charge in [0, 0.05) is 14.8 Å². The van der Waals surface area contributed by atoms with Gasteiger partial charge in [-0.2, -0.15) is 0 Å². The maximum absolute atomic E-state index is 12.0. The number of hydrogen-bond acceptors (Lipinski definition) is 3. The second-order valence-electron chi connectivity index (χ2n) is 4.40. The molecule has 1 amide bonds. The van der Waals surface area contributed by atoms with Crippen molar-refractivity contribution >= 4 is 40.2 Å². The highest BCUT2D eigenvalue weighted by molar-refractivity contribution is 14.1. The Labute approximate surface area is 118 Å². The first-order chi connectivity index (χ1) is 8.47. The predicted octanol–water partition coefficient (Wildman–Crippen LogP) is 1.47. The number of carboxylic acids is 1. The number of nitrogen functional groups attached to an aromatic ring is 1. The van der Waals surface area contributed by atoms with Gasteiger partial charge < -0.3 is 16.2 Å². The normalized spacial score (nSPS) is 16.1. The van der Waals surface area contributed by atoms with Crippen molar-refractivity contribution < 1.29 is 14.7 Å². The Morgan fingerprint density at radius 3 is 2.56 bits per heavy atom. The van der Waals surface area contributed by atoms with Crippen molar-refractivity contribution in [3.63, 3.8) is 0 Å². The number of carbonyl (C=O) groups is 2. The number of carboxylic acid groups (broad SMARTS) is 1. The van der Waals surface area contributed by atoms with Gasteiger partial charge in [0.2, 0.25) is 0 Å². The summed E-state index contributed by atoms with van der Waals surface area (Å²) >= 11 is 2.06. The lowest BCUT2D eigenvalue weighted by atomic mass is 10.1. The Balaban J connectivity index is 2.13. The van der Waals surface area contributed by atoms with Gasteiger partial charge in [-0.15, -0.1) is 0 Å². The van der Waals surface area contributed by atoms with Crippen LogP contribution in [0.1, 0.15) is 23.2 Å². The quantitative estimate of drug-likeness (QED) is 0.560. The van der Waals surface area contributed by atoms with Crippen LogP contribution in [0.15, 0.2) is 18.2 Å². The van der Waals surface area contributed by atoms with E-state index in [0.29, 0.717) is 11.3 Å². The zero-order valence-corrected chi connectivity index (χ0v) is 11.7. The van der Waals surface area contributed by atoms with Crippen molar-refractivity contribution in [2.45, 2.75) is 18.9 Å². The minimum atomic E-state index is -0.982. The van der Waals surface area contributed by atoms with Gasteiger partial charge in [0.1, 0.15) is 6.04 Å². The molecule has 1 fully saturated rings. The van der Waals surface area contributed by atoms with Gasteiger partial charge in [0.15, 0.2) is 0 Å². The van der Waals surface area contributed by atoms with E-state index >= 15 is 0 Å². The van der Waals surface area contributed by atoms with Crippen molar-refractivity contribution in [3.05, 3.63) is 27.3 Å². The number of benzene rings is 1. The summed E-state index contributed by atoms with van der Waals surface area (Å²) in [4.78, 5) is 23.0. The second kappa shape index (κ2) is 5.13. The zero-order valence-electron chi connectivity index (χ0n) is 9.52. The molecule has 1 aliphatic carbocycles. The summed E-state index contributed by atoms with van der Waals surface area (Å²) in [5, 5.41) is 11.6. The average molecular weight is 360 g/mol. The molecule has 4 N–H and O–H groups in total. The van der Waals surface area contributed by atoms with Crippen molar-refractivity contribution in [1.82, 2.24) is 5.32 Å². The van der Waals surface area contributed by atoms with Crippen LogP contribution in [0, 0.1) is 9.49 Å². The van der Waals surface area contributed by atoms with Crippen LogP contribution >= 0.6 is 22.6 Å². The SMILES string of the molecule is Nc1cc(I)cc(C(=O)NC(C(=O)O)C2CC2)c1. The minimum Gasteiger partial charge on any atom is -0.480 e. The van der Waals surface area contributed by atoms with E-state index in [2.05, 4.69) is 27.9 Å². The number of anilines is 1. The molecule has 0 bridgehead atoms. The van der Waals surface area contributed by atoms with Crippen molar-refractivity contribution in [3.8, 4) is 0 Å². The summed E-state index contributed by atoms with van der Waals surface area (Å²) in [6.45, 7) is 0. The molecule has 1 aliphatic rings. The zero-order chi connectivity index (χ0) is 13.3. The topological polar surface area (TPSA) is 92.4 Å². The third-order valence-corrected chi connectivity index (χ3v) is 3.45. The molecule has 0 aliphatic heterocycles. The number of carbonyl (C=O) groups excluding carboxylic acids is 1. The molecule has 2 rings (SSSR count). The summed E-state index contributed by atoms with van der Waals surface area (Å²) in [6.07, 6.45) is 1.71. The fourth-order valence-corrected chi connectivity index (χ4v) is 2.47. The smallest absolute Gasteiger partial charge is 0.326 e. The summed E-state index contributed by atoms with van der Waals surface area (Å²) in [5.74, 6) is -1.31. The molecule has 6 heteroatoms. The fourth-order valence-electron chi connectivity index (χ4n) is 1.78. The Hall–Kier alpha value is -1.31. The van der Waals surface area contributed by atoms with E-state index in [1.807, 2.05) is 0 Å². The molecule has 18 heavy (non-hydrogen) atoms. The Kier molecular flexibility index (Phi) is 3.74. The van der Waals surface area contributed by atoms with Gasteiger partial charge in [0.25, 0.3) is 5.91 Å². The van der Waals surface area contributed by atoms with Crippen LogP contribution in [0.5, 0.6) is 0 Å². The molecule has 5 nitrogen and oxygen atoms in total. The number of nitrogens with one attached hydrogen (secondary N) is 1. The van der Waals surface area contributed by atoms with E-state index in [9.17, 15) is 9.59 Å². The fraction of sp³-hybridized carbons (Fsp3) is 0.333. The Morgan fingerprint density at radius 2 is 2.06 bits per heavy atom. The maximum Gasteiger partial charge on any atom is 0.326 e. The van der Waals surface area contributed by atoms with Crippen molar-refractivity contribution in [2.75, 3.05) is 5.73 Å². The number of amides is 1. The highest BCUT2D eigenvalue weighted by Gasteiger charge is 2.37. The Morgan fingerprint density at radius 1 is 1.39 bits per heavy atom. The number of aliphatic carboxylic acids is 1. The largest absolute Gasteiger partial charge is 0.480 e. The van der Waals surface area contributed by atoms with E-state index in [1.54, 1.807) is 18.2 Å². The molecule has 1 atom stereocenters. The third kappa shape index (κ3) is 3.12. The van der Waals surface area contributed by atoms with Gasteiger partial charge in [-0.3, -0.25) is 4.79 Å². The maximum atomic E-state index is 12.0. The molecule has 96 valence electrons. The van der Waals surface area contributed by atoms with E-state index in [4.69, 9.17) is 10.8 Å². The van der Waals surface area contributed by atoms with Crippen LogP contribution in [0.25, 0.3) is 0 Å². The molecule has 0 saturated heterocycles. The number of halogens is 1. The standard InChI is InChI=1S/C12H13IN2O3/c13-8-3-7(4-9(14)5-8)11(16)15-10(12(17)18)6-1-2-6/h3-6,10H,1-2,14H2,(H,15,16)(H,17,18). The molecule has 1 saturated carbocycles. The molecule has 0 aromatic heterocycles. The highest BCUT2D eigenvalue weighted by Crippen LogP contribution is 2.32. The lowest BCUT2D eigenvalue weighted by Crippen LogP contribution is -2.42. The molecule has 0 radical (unpaired) electrons. The predicted molar refractivity (Wildman–Crippen MR) is 75.2 cm³/mol. The van der Waals surface area contributed by atoms with E-state index in [-0.39, 0.29) is 11.8 Å². The number of rotatable bonds is 4. The molecule has 0 spiro atoms. The van der Waals surface area contributed by atoms with Crippen molar-refractivity contribution in [2.24, 2.45) is 5.92 Å². The Bertz CT molecular complexity index is 480. The molecule has 1 aromatic rings. The molecule has 0 heterocycles. The monoisotopic (exact) mass is 360 g/mol. The minimum absolute atomic E-state index is 0.0616. The summed E-state index contributed by atoms with van der Waals surface area (Å²) in [6, 6.07) is 4.17. The van der Waals surface area contributed by atoms with E-state index < -0.39 is 12.0 Å². The van der Waals surface area contributed by atoms with Crippen LogP contribution in [0.4, 0.5) is 5.69 Å². The molecular weight excluding hydrogens is 347 g/mol. The highest BCUT2D eigenvalue weighted by atomic mass is 127. The van der Waals surface area contributed by atoms with Gasteiger partial charge in [0.05, 0.1) is 0 Å². The first-order valence-electron chi connectivity index (χ1n) is 5.57. The van der Waals surface area contributed by atoms with E-state index in [1.165, 1.54) is 0 Å². The van der Waals surface area contributed by atoms with Crippen LogP contribution in [0.2, 0.25) is 0 Å². The average Bonchev–Trinajstić information content (AvgIpc) is 3.07. The number of hydrogen-bond donors (Lipinski definition) is 3. The second-order valence-corrected chi connectivity index (χ2v) is 5.65. The number of nitrogens with two attached hydrogens (primary N) is 1. The van der Waals surface area contributed by atoms with Crippen LogP contribution in [-0.4, -0.2) is 23.0 Å². The van der Waals surface area contributed by atoms with Crippen LogP contribution in [-0.2, 0) is 4.79 Å². The van der Waals surface area contributed by atoms with Crippen molar-refractivity contribution in [1.29, 1.82) is 0 Å². The lowest BCUT2D eigenvalue weighted by Gasteiger charge is -2.13. The van der Waals surface area contributed by atoms with Gasteiger partial charge >= 0.3 is 5.97 Å². The first kappa shape index (κ1) is 13.1. The van der Waals surface area contributed by atoms with Gasteiger partial charge in [-0.25, -0.2) is 4.79 Å².